The zero-order chi connectivity index (χ0) is 15.8. The first-order valence-corrected chi connectivity index (χ1v) is 6.72. The number of carboxylic acid groups (broad SMARTS) is 1. The Morgan fingerprint density at radius 1 is 1.24 bits per heavy atom. The fourth-order valence-electron chi connectivity index (χ4n) is 1.72. The molecule has 5 N–H and O–H groups in total. The van der Waals surface area contributed by atoms with Gasteiger partial charge in [-0.25, -0.2) is 9.59 Å². The van der Waals surface area contributed by atoms with Crippen LogP contribution in [-0.2, 0) is 11.2 Å². The Morgan fingerprint density at radius 2 is 1.95 bits per heavy atom. The molecule has 1 unspecified atom stereocenters. The summed E-state index contributed by atoms with van der Waals surface area (Å²) in [4.78, 5) is 22.7. The van der Waals surface area contributed by atoms with Gasteiger partial charge in [-0.05, 0) is 24.1 Å². The van der Waals surface area contributed by atoms with Crippen molar-refractivity contribution >= 4 is 12.0 Å². The van der Waals surface area contributed by atoms with Crippen LogP contribution in [0.5, 0.6) is 11.5 Å². The smallest absolute Gasteiger partial charge is 0.326 e. The number of urea groups is 1. The number of hydrogen-bond donors (Lipinski definition) is 5. The van der Waals surface area contributed by atoms with Crippen LogP contribution in [0.1, 0.15) is 25.3 Å². The molecule has 0 radical (unpaired) electrons. The lowest BCUT2D eigenvalue weighted by Crippen LogP contribution is -2.47. The molecule has 0 spiro atoms. The second-order valence-corrected chi connectivity index (χ2v) is 4.67. The summed E-state index contributed by atoms with van der Waals surface area (Å²) in [6, 6.07) is 2.36. The summed E-state index contributed by atoms with van der Waals surface area (Å²) >= 11 is 0. The molecular formula is C14H20N2O5. The van der Waals surface area contributed by atoms with Crippen LogP contribution in [0.15, 0.2) is 18.2 Å². The van der Waals surface area contributed by atoms with Crippen LogP contribution in [0.25, 0.3) is 0 Å². The molecule has 0 aliphatic rings. The van der Waals surface area contributed by atoms with Crippen LogP contribution in [0.2, 0.25) is 0 Å². The predicted molar refractivity (Wildman–Crippen MR) is 76.3 cm³/mol. The van der Waals surface area contributed by atoms with E-state index in [0.29, 0.717) is 12.1 Å². The van der Waals surface area contributed by atoms with Crippen molar-refractivity contribution in [3.8, 4) is 11.5 Å². The quantitative estimate of drug-likeness (QED) is 0.382. The van der Waals surface area contributed by atoms with Crippen molar-refractivity contribution in [2.75, 3.05) is 6.54 Å². The van der Waals surface area contributed by atoms with Crippen molar-refractivity contribution in [1.82, 2.24) is 10.6 Å². The van der Waals surface area contributed by atoms with E-state index in [1.54, 1.807) is 0 Å². The average Bonchev–Trinajstić information content (AvgIpc) is 2.42. The fraction of sp³-hybridized carbons (Fsp3) is 0.429. The summed E-state index contributed by atoms with van der Waals surface area (Å²) < 4.78 is 0. The Kier molecular flexibility index (Phi) is 6.32. The minimum atomic E-state index is -1.17. The van der Waals surface area contributed by atoms with Crippen LogP contribution in [0.3, 0.4) is 0 Å². The molecule has 0 fully saturated rings. The third-order valence-corrected chi connectivity index (χ3v) is 2.90. The molecule has 116 valence electrons. The highest BCUT2D eigenvalue weighted by Gasteiger charge is 2.20. The van der Waals surface area contributed by atoms with E-state index in [2.05, 4.69) is 10.6 Å². The van der Waals surface area contributed by atoms with E-state index in [0.717, 1.165) is 12.8 Å². The van der Waals surface area contributed by atoms with E-state index < -0.39 is 18.0 Å². The van der Waals surface area contributed by atoms with Gasteiger partial charge in [0.25, 0.3) is 0 Å². The molecular weight excluding hydrogens is 276 g/mol. The van der Waals surface area contributed by atoms with Gasteiger partial charge < -0.3 is 26.0 Å². The Balaban J connectivity index is 2.63. The van der Waals surface area contributed by atoms with Crippen molar-refractivity contribution in [2.24, 2.45) is 0 Å². The van der Waals surface area contributed by atoms with E-state index in [9.17, 15) is 19.8 Å². The maximum Gasteiger partial charge on any atom is 0.326 e. The zero-order valence-electron chi connectivity index (χ0n) is 11.8. The normalized spacial score (nSPS) is 11.7. The van der Waals surface area contributed by atoms with Gasteiger partial charge in [-0.1, -0.05) is 19.4 Å². The molecule has 0 saturated carbocycles. The SMILES string of the molecule is CCCCNC(=O)NC(Cc1ccc(O)c(O)c1)C(=O)O. The van der Waals surface area contributed by atoms with Crippen molar-refractivity contribution in [3.63, 3.8) is 0 Å². The second kappa shape index (κ2) is 7.98. The van der Waals surface area contributed by atoms with Crippen LogP contribution >= 0.6 is 0 Å². The number of phenolic OH excluding ortho intramolecular Hbond substituents is 2. The molecule has 0 aliphatic carbocycles. The minimum Gasteiger partial charge on any atom is -0.504 e. The lowest BCUT2D eigenvalue weighted by Gasteiger charge is -2.15. The topological polar surface area (TPSA) is 119 Å². The van der Waals surface area contributed by atoms with E-state index in [1.807, 2.05) is 6.92 Å². The highest BCUT2D eigenvalue weighted by atomic mass is 16.4. The molecule has 21 heavy (non-hydrogen) atoms. The number of benzene rings is 1. The molecule has 1 aromatic carbocycles. The van der Waals surface area contributed by atoms with Crippen LogP contribution in [0.4, 0.5) is 4.79 Å². The van der Waals surface area contributed by atoms with E-state index in [-0.39, 0.29) is 17.9 Å². The molecule has 0 heterocycles. The first-order chi connectivity index (χ1) is 9.93. The molecule has 7 heteroatoms. The largest absolute Gasteiger partial charge is 0.504 e. The Morgan fingerprint density at radius 3 is 2.52 bits per heavy atom. The minimum absolute atomic E-state index is 0.00434. The number of carbonyl (C=O) groups is 2. The number of phenols is 2. The van der Waals surface area contributed by atoms with Crippen LogP contribution in [-0.4, -0.2) is 39.9 Å². The van der Waals surface area contributed by atoms with Crippen molar-refractivity contribution in [1.29, 1.82) is 0 Å². The Bertz CT molecular complexity index is 504. The summed E-state index contributed by atoms with van der Waals surface area (Å²) in [5.74, 6) is -1.78. The maximum absolute atomic E-state index is 11.6. The number of amides is 2. The number of nitrogens with one attached hydrogen (secondary N) is 2. The van der Waals surface area contributed by atoms with Crippen LogP contribution < -0.4 is 10.6 Å². The number of hydrogen-bond acceptors (Lipinski definition) is 4. The molecule has 0 bridgehead atoms. The van der Waals surface area contributed by atoms with Gasteiger partial charge in [0.05, 0.1) is 0 Å². The van der Waals surface area contributed by atoms with Crippen LogP contribution in [0, 0.1) is 0 Å². The number of aliphatic carboxylic acids is 1. The van der Waals surface area contributed by atoms with Gasteiger partial charge >= 0.3 is 12.0 Å². The van der Waals surface area contributed by atoms with Gasteiger partial charge in [0, 0.05) is 13.0 Å². The number of rotatable bonds is 7. The number of unbranched alkanes of at least 4 members (excludes halogenated alkanes) is 1. The van der Waals surface area contributed by atoms with Gasteiger partial charge in [-0.2, -0.15) is 0 Å². The maximum atomic E-state index is 11.6. The lowest BCUT2D eigenvalue weighted by atomic mass is 10.1. The van der Waals surface area contributed by atoms with E-state index in [1.165, 1.54) is 18.2 Å². The molecule has 1 atom stereocenters. The molecule has 2 amide bonds. The third-order valence-electron chi connectivity index (χ3n) is 2.90. The number of carbonyl (C=O) groups excluding carboxylic acids is 1. The third kappa shape index (κ3) is 5.60. The first-order valence-electron chi connectivity index (χ1n) is 6.72. The lowest BCUT2D eigenvalue weighted by molar-refractivity contribution is -0.139. The molecule has 0 aliphatic heterocycles. The van der Waals surface area contributed by atoms with Gasteiger partial charge in [-0.3, -0.25) is 0 Å². The molecule has 0 saturated heterocycles. The molecule has 1 rings (SSSR count). The monoisotopic (exact) mass is 296 g/mol. The summed E-state index contributed by atoms with van der Waals surface area (Å²) in [5, 5.41) is 32.6. The van der Waals surface area contributed by atoms with Crippen molar-refractivity contribution in [3.05, 3.63) is 23.8 Å². The number of aromatic hydroxyl groups is 2. The summed E-state index contributed by atoms with van der Waals surface area (Å²) in [6.45, 7) is 2.46. The summed E-state index contributed by atoms with van der Waals surface area (Å²) in [6.07, 6.45) is 1.75. The molecule has 7 nitrogen and oxygen atoms in total. The fourth-order valence-corrected chi connectivity index (χ4v) is 1.72. The molecule has 0 aromatic heterocycles. The summed E-state index contributed by atoms with van der Waals surface area (Å²) in [5.41, 5.74) is 0.492. The van der Waals surface area contributed by atoms with Gasteiger partial charge in [0.1, 0.15) is 6.04 Å². The summed E-state index contributed by atoms with van der Waals surface area (Å²) in [7, 11) is 0. The van der Waals surface area contributed by atoms with E-state index in [4.69, 9.17) is 5.11 Å². The van der Waals surface area contributed by atoms with Crippen molar-refractivity contribution < 1.29 is 24.9 Å². The Hall–Kier alpha value is -2.44. The zero-order valence-corrected chi connectivity index (χ0v) is 11.8. The Labute approximate surface area is 122 Å². The van der Waals surface area contributed by atoms with E-state index >= 15 is 0 Å². The first kappa shape index (κ1) is 16.6. The highest BCUT2D eigenvalue weighted by Crippen LogP contribution is 2.25. The second-order valence-electron chi connectivity index (χ2n) is 4.67. The predicted octanol–water partition coefficient (Wildman–Crippen LogP) is 1.19. The van der Waals surface area contributed by atoms with Gasteiger partial charge in [-0.15, -0.1) is 0 Å². The van der Waals surface area contributed by atoms with Gasteiger partial charge in [0.15, 0.2) is 11.5 Å². The highest BCUT2D eigenvalue weighted by molar-refractivity contribution is 5.82. The van der Waals surface area contributed by atoms with Gasteiger partial charge in [0.2, 0.25) is 0 Å². The molecule has 1 aromatic rings. The van der Waals surface area contributed by atoms with Crippen molar-refractivity contribution in [2.45, 2.75) is 32.2 Å². The number of carboxylic acids is 1. The average molecular weight is 296 g/mol. The standard InChI is InChI=1S/C14H20N2O5/c1-2-3-6-15-14(21)16-10(13(19)20)7-9-4-5-11(17)12(18)8-9/h4-5,8,10,17-18H,2-3,6-7H2,1H3,(H,19,20)(H2,15,16,21).